The molecule has 5 aliphatic rings. The Morgan fingerprint density at radius 1 is 0.921 bits per heavy atom. The van der Waals surface area contributed by atoms with Gasteiger partial charge in [-0.1, -0.05) is 66.8 Å². The van der Waals surface area contributed by atoms with Crippen molar-refractivity contribution in [3.05, 3.63) is 118 Å². The molecule has 0 fully saturated rings. The first-order chi connectivity index (χ1) is 18.8. The van der Waals surface area contributed by atoms with E-state index < -0.39 is 0 Å². The zero-order valence-electron chi connectivity index (χ0n) is 21.6. The minimum Gasteiger partial charge on any atom is -0.317 e. The number of pyridine rings is 1. The molecule has 2 nitrogen and oxygen atoms in total. The number of aromatic nitrogens is 1. The molecule has 8 rings (SSSR count). The number of hydrogen-bond donors (Lipinski definition) is 0. The zero-order valence-corrected chi connectivity index (χ0v) is 22.5. The van der Waals surface area contributed by atoms with Gasteiger partial charge in [-0.05, 0) is 91.5 Å². The molecule has 0 amide bonds. The van der Waals surface area contributed by atoms with E-state index >= 15 is 0 Å². The van der Waals surface area contributed by atoms with Gasteiger partial charge in [-0.15, -0.1) is 11.3 Å². The highest BCUT2D eigenvalue weighted by Crippen LogP contribution is 2.55. The molecule has 38 heavy (non-hydrogen) atoms. The van der Waals surface area contributed by atoms with Crippen molar-refractivity contribution >= 4 is 38.9 Å². The molecule has 0 bridgehead atoms. The third-order valence-corrected chi connectivity index (χ3v) is 10.2. The van der Waals surface area contributed by atoms with E-state index in [4.69, 9.17) is 4.98 Å². The molecule has 188 valence electrons. The Morgan fingerprint density at radius 3 is 2.79 bits per heavy atom. The maximum Gasteiger partial charge on any atom is 0.134 e. The van der Waals surface area contributed by atoms with Crippen molar-refractivity contribution in [3.63, 3.8) is 0 Å². The number of nitrogens with zero attached hydrogens (tertiary/aromatic N) is 2. The van der Waals surface area contributed by atoms with Crippen molar-refractivity contribution in [2.45, 2.75) is 56.9 Å². The van der Waals surface area contributed by atoms with Crippen LogP contribution in [-0.4, -0.2) is 4.98 Å². The van der Waals surface area contributed by atoms with Crippen molar-refractivity contribution in [3.8, 4) is 0 Å². The molecule has 3 aromatic rings. The van der Waals surface area contributed by atoms with E-state index in [9.17, 15) is 0 Å². The van der Waals surface area contributed by atoms with Crippen LogP contribution < -0.4 is 4.90 Å². The van der Waals surface area contributed by atoms with E-state index in [1.54, 1.807) is 5.57 Å². The van der Waals surface area contributed by atoms with Gasteiger partial charge in [0.1, 0.15) is 5.82 Å². The molecular formula is C35H32N2S. The minimum absolute atomic E-state index is 0.276. The number of benzene rings is 1. The molecule has 2 aromatic heterocycles. The van der Waals surface area contributed by atoms with E-state index in [2.05, 4.69) is 96.0 Å². The SMILES string of the molecule is C1=CCC(c2cc(C3=CCCCC3)nc(N3C4=C(CCC=C4)C4C=Cc5c(sc6ccccc56)C43)c2)C=C1. The lowest BCUT2D eigenvalue weighted by Crippen LogP contribution is -2.28. The Labute approximate surface area is 229 Å². The number of rotatable bonds is 3. The van der Waals surface area contributed by atoms with Gasteiger partial charge in [0, 0.05) is 32.5 Å². The fraction of sp³-hybridized carbons (Fsp3) is 0.286. The molecule has 3 heterocycles. The van der Waals surface area contributed by atoms with Gasteiger partial charge in [0.2, 0.25) is 0 Å². The van der Waals surface area contributed by atoms with Crippen molar-refractivity contribution in [2.75, 3.05) is 4.90 Å². The van der Waals surface area contributed by atoms with Crippen LogP contribution in [0, 0.1) is 5.92 Å². The summed E-state index contributed by atoms with van der Waals surface area (Å²) in [6.45, 7) is 0. The summed E-state index contributed by atoms with van der Waals surface area (Å²) in [5.41, 5.74) is 8.40. The molecule has 3 unspecified atom stereocenters. The molecule has 0 saturated heterocycles. The van der Waals surface area contributed by atoms with Crippen LogP contribution in [0.1, 0.15) is 78.6 Å². The Balaban J connectivity index is 1.33. The summed E-state index contributed by atoms with van der Waals surface area (Å²) < 4.78 is 1.39. The number of fused-ring (bicyclic) bond motifs is 6. The average Bonchev–Trinajstić information content (AvgIpc) is 3.54. The Kier molecular flexibility index (Phi) is 5.40. The summed E-state index contributed by atoms with van der Waals surface area (Å²) in [7, 11) is 0. The Hall–Kier alpha value is -3.43. The van der Waals surface area contributed by atoms with Gasteiger partial charge in [0.05, 0.1) is 11.7 Å². The predicted molar refractivity (Wildman–Crippen MR) is 161 cm³/mol. The van der Waals surface area contributed by atoms with Gasteiger partial charge in [-0.25, -0.2) is 4.98 Å². The van der Waals surface area contributed by atoms with E-state index in [1.807, 2.05) is 11.3 Å². The first kappa shape index (κ1) is 22.5. The highest BCUT2D eigenvalue weighted by molar-refractivity contribution is 7.19. The zero-order chi connectivity index (χ0) is 25.1. The second-order valence-electron chi connectivity index (χ2n) is 11.2. The molecule has 1 aromatic carbocycles. The maximum absolute atomic E-state index is 5.47. The Morgan fingerprint density at radius 2 is 1.89 bits per heavy atom. The van der Waals surface area contributed by atoms with E-state index in [-0.39, 0.29) is 6.04 Å². The first-order valence-electron chi connectivity index (χ1n) is 14.3. The number of allylic oxidation sites excluding steroid dienone is 8. The summed E-state index contributed by atoms with van der Waals surface area (Å²) in [4.78, 5) is 9.58. The smallest absolute Gasteiger partial charge is 0.134 e. The Bertz CT molecular complexity index is 1620. The summed E-state index contributed by atoms with van der Waals surface area (Å²) >= 11 is 1.98. The molecule has 3 heteroatoms. The van der Waals surface area contributed by atoms with Crippen LogP contribution in [0.3, 0.4) is 0 Å². The van der Waals surface area contributed by atoms with Gasteiger partial charge in [0.15, 0.2) is 0 Å². The van der Waals surface area contributed by atoms with Crippen LogP contribution in [0.5, 0.6) is 0 Å². The van der Waals surface area contributed by atoms with Crippen LogP contribution in [0.2, 0.25) is 0 Å². The third-order valence-electron chi connectivity index (χ3n) is 8.98. The lowest BCUT2D eigenvalue weighted by atomic mass is 9.84. The minimum atomic E-state index is 0.276. The van der Waals surface area contributed by atoms with Crippen LogP contribution in [0.4, 0.5) is 5.82 Å². The summed E-state index contributed by atoms with van der Waals surface area (Å²) in [6.07, 6.45) is 29.3. The second kappa shape index (κ2) is 9.10. The molecule has 0 spiro atoms. The van der Waals surface area contributed by atoms with Gasteiger partial charge in [-0.3, -0.25) is 0 Å². The van der Waals surface area contributed by atoms with Crippen molar-refractivity contribution in [2.24, 2.45) is 5.92 Å². The van der Waals surface area contributed by atoms with Crippen molar-refractivity contribution in [1.29, 1.82) is 0 Å². The van der Waals surface area contributed by atoms with Gasteiger partial charge < -0.3 is 4.90 Å². The molecule has 0 radical (unpaired) electrons. The van der Waals surface area contributed by atoms with Crippen LogP contribution in [0.15, 0.2) is 96.3 Å². The fourth-order valence-corrected chi connectivity index (χ4v) is 8.46. The van der Waals surface area contributed by atoms with Gasteiger partial charge in [0.25, 0.3) is 0 Å². The average molecular weight is 513 g/mol. The molecular weight excluding hydrogens is 480 g/mol. The van der Waals surface area contributed by atoms with E-state index in [0.717, 1.165) is 31.5 Å². The molecule has 4 aliphatic carbocycles. The topological polar surface area (TPSA) is 16.1 Å². The highest BCUT2D eigenvalue weighted by Gasteiger charge is 2.44. The summed E-state index contributed by atoms with van der Waals surface area (Å²) in [5, 5.41) is 1.39. The van der Waals surface area contributed by atoms with Gasteiger partial charge in [-0.2, -0.15) is 0 Å². The second-order valence-corrected chi connectivity index (χ2v) is 12.3. The van der Waals surface area contributed by atoms with Crippen LogP contribution in [0.25, 0.3) is 21.7 Å². The van der Waals surface area contributed by atoms with Crippen molar-refractivity contribution < 1.29 is 0 Å². The molecule has 0 N–H and O–H groups in total. The summed E-state index contributed by atoms with van der Waals surface area (Å²) in [5.74, 6) is 1.94. The third kappa shape index (κ3) is 3.55. The largest absolute Gasteiger partial charge is 0.317 e. The lowest BCUT2D eigenvalue weighted by molar-refractivity contribution is 0.602. The number of anilines is 1. The number of hydrogen-bond acceptors (Lipinski definition) is 3. The van der Waals surface area contributed by atoms with Crippen LogP contribution in [-0.2, 0) is 0 Å². The summed E-state index contributed by atoms with van der Waals surface area (Å²) in [6, 6.07) is 14.0. The quantitative estimate of drug-likeness (QED) is 0.347. The van der Waals surface area contributed by atoms with E-state index in [0.29, 0.717) is 11.8 Å². The lowest BCUT2D eigenvalue weighted by Gasteiger charge is -2.33. The predicted octanol–water partition coefficient (Wildman–Crippen LogP) is 9.66. The maximum atomic E-state index is 5.47. The highest BCUT2D eigenvalue weighted by atomic mass is 32.1. The molecule has 0 saturated carbocycles. The fourth-order valence-electron chi connectivity index (χ4n) is 7.12. The standard InChI is InChI=1S/C35H32N2S/c1-3-11-23(12-4-1)25-21-30(24-13-5-2-6-14-24)36-33(22-25)37-31-17-9-7-15-26(31)28-19-20-29-27-16-8-10-18-32(27)38-35(29)34(28)37/h1,3-4,8-11,13,16-23,28,34H,2,5-7,12,14-15H2. The first-order valence-corrected chi connectivity index (χ1v) is 15.1. The van der Waals surface area contributed by atoms with Gasteiger partial charge >= 0.3 is 0 Å². The van der Waals surface area contributed by atoms with Crippen LogP contribution >= 0.6 is 11.3 Å². The molecule has 1 aliphatic heterocycles. The van der Waals surface area contributed by atoms with Crippen molar-refractivity contribution in [1.82, 2.24) is 4.98 Å². The molecule has 3 atom stereocenters. The normalized spacial score (nSPS) is 25.5. The van der Waals surface area contributed by atoms with E-state index in [1.165, 1.54) is 62.3 Å². The number of thiophene rings is 1. The monoisotopic (exact) mass is 512 g/mol.